The van der Waals surface area contributed by atoms with Crippen molar-refractivity contribution in [2.24, 2.45) is 0 Å². The van der Waals surface area contributed by atoms with Crippen LogP contribution in [0.1, 0.15) is 79.2 Å². The van der Waals surface area contributed by atoms with Crippen LogP contribution < -0.4 is 0 Å². The molecule has 0 aliphatic heterocycles. The number of rotatable bonds is 6. The molecule has 0 bridgehead atoms. The van der Waals surface area contributed by atoms with Crippen LogP contribution >= 0.6 is 0 Å². The zero-order valence-corrected chi connectivity index (χ0v) is 20.6. The summed E-state index contributed by atoms with van der Waals surface area (Å²) in [4.78, 5) is 24.9. The van der Waals surface area contributed by atoms with Gasteiger partial charge in [0, 0.05) is 24.2 Å². The Labute approximate surface area is 201 Å². The molecule has 34 heavy (non-hydrogen) atoms. The summed E-state index contributed by atoms with van der Waals surface area (Å²) >= 11 is 0. The number of Topliss-reactive ketones (excluding diaryl/α,β-unsaturated/α-hetero) is 1. The van der Waals surface area contributed by atoms with Crippen molar-refractivity contribution >= 4 is 23.9 Å². The Morgan fingerprint density at radius 2 is 1.82 bits per heavy atom. The molecular formula is C29H32N2O3. The average Bonchev–Trinajstić information content (AvgIpc) is 3.30. The number of carbonyl (C=O) groups is 2. The second-order valence-corrected chi connectivity index (χ2v) is 10.1. The predicted octanol–water partition coefficient (Wildman–Crippen LogP) is 5.81. The van der Waals surface area contributed by atoms with E-state index in [-0.39, 0.29) is 17.2 Å². The van der Waals surface area contributed by atoms with E-state index in [9.17, 15) is 9.59 Å². The number of ether oxygens (including phenoxy) is 1. The number of aromatic nitrogens is 2. The molecule has 4 rings (SSSR count). The molecule has 5 nitrogen and oxygen atoms in total. The molecule has 0 N–H and O–H groups in total. The lowest BCUT2D eigenvalue weighted by Gasteiger charge is -2.41. The normalized spacial score (nSPS) is 16.4. The van der Waals surface area contributed by atoms with Crippen LogP contribution in [0, 0.1) is 0 Å². The van der Waals surface area contributed by atoms with E-state index >= 15 is 0 Å². The van der Waals surface area contributed by atoms with Crippen LogP contribution in [0.15, 0.2) is 54.9 Å². The molecule has 0 amide bonds. The number of nitrogens with zero attached hydrogens (tertiary/aromatic N) is 2. The molecule has 1 aliphatic rings. The minimum atomic E-state index is -0.529. The summed E-state index contributed by atoms with van der Waals surface area (Å²) in [5.74, 6) is -0.0435. The van der Waals surface area contributed by atoms with Gasteiger partial charge < -0.3 is 4.74 Å². The van der Waals surface area contributed by atoms with E-state index < -0.39 is 5.41 Å². The Morgan fingerprint density at radius 3 is 2.47 bits per heavy atom. The molecule has 0 saturated heterocycles. The van der Waals surface area contributed by atoms with E-state index in [0.29, 0.717) is 25.1 Å². The van der Waals surface area contributed by atoms with Crippen LogP contribution in [0.2, 0.25) is 0 Å². The third kappa shape index (κ3) is 4.60. The van der Waals surface area contributed by atoms with Crippen molar-refractivity contribution < 1.29 is 14.3 Å². The number of esters is 1. The van der Waals surface area contributed by atoms with Crippen molar-refractivity contribution in [1.82, 2.24) is 9.78 Å². The van der Waals surface area contributed by atoms with E-state index in [0.717, 1.165) is 22.3 Å². The zero-order valence-electron chi connectivity index (χ0n) is 20.6. The lowest BCUT2D eigenvalue weighted by Crippen LogP contribution is -2.42. The molecule has 1 aliphatic carbocycles. The van der Waals surface area contributed by atoms with Gasteiger partial charge in [-0.25, -0.2) is 4.79 Å². The van der Waals surface area contributed by atoms with Gasteiger partial charge in [0.15, 0.2) is 0 Å². The van der Waals surface area contributed by atoms with Gasteiger partial charge in [-0.3, -0.25) is 9.48 Å². The number of benzene rings is 2. The topological polar surface area (TPSA) is 61.2 Å². The zero-order chi connectivity index (χ0) is 24.5. The second-order valence-electron chi connectivity index (χ2n) is 10.1. The summed E-state index contributed by atoms with van der Waals surface area (Å²) in [5.41, 5.74) is 5.30. The molecule has 5 heteroatoms. The molecule has 0 atom stereocenters. The van der Waals surface area contributed by atoms with Crippen LogP contribution in [0.3, 0.4) is 0 Å². The highest BCUT2D eigenvalue weighted by molar-refractivity contribution is 5.93. The Morgan fingerprint density at radius 1 is 1.09 bits per heavy atom. The molecule has 3 aromatic rings. The van der Waals surface area contributed by atoms with Gasteiger partial charge in [0.1, 0.15) is 5.78 Å². The molecule has 0 unspecified atom stereocenters. The van der Waals surface area contributed by atoms with Gasteiger partial charge in [-0.2, -0.15) is 5.10 Å². The van der Waals surface area contributed by atoms with Crippen molar-refractivity contribution in [3.8, 4) is 0 Å². The first-order chi connectivity index (χ1) is 16.1. The molecule has 0 fully saturated rings. The van der Waals surface area contributed by atoms with Crippen LogP contribution in [-0.2, 0) is 26.9 Å². The first-order valence-electron chi connectivity index (χ1n) is 11.8. The molecule has 176 valence electrons. The Kier molecular flexibility index (Phi) is 6.30. The number of hydrogen-bond donors (Lipinski definition) is 0. The van der Waals surface area contributed by atoms with Crippen LogP contribution in [-0.4, -0.2) is 28.1 Å². The quantitative estimate of drug-likeness (QED) is 0.347. The van der Waals surface area contributed by atoms with Gasteiger partial charge in [0.05, 0.1) is 18.7 Å². The fourth-order valence-electron chi connectivity index (χ4n) is 4.60. The minimum absolute atomic E-state index is 0.216. The number of hydrogen-bond acceptors (Lipinski definition) is 4. The van der Waals surface area contributed by atoms with E-state index in [4.69, 9.17) is 4.74 Å². The SMILES string of the molecule is CCOC(=O)c1ccc(C=Cc2cc3c(cc2Cn2cccn2)C(C)(C)CC(=O)C3(C)C)cc1. The largest absolute Gasteiger partial charge is 0.462 e. The van der Waals surface area contributed by atoms with Crippen molar-refractivity contribution in [2.45, 2.75) is 58.4 Å². The van der Waals surface area contributed by atoms with Gasteiger partial charge in [-0.15, -0.1) is 0 Å². The summed E-state index contributed by atoms with van der Waals surface area (Å²) < 4.78 is 6.98. The predicted molar refractivity (Wildman–Crippen MR) is 135 cm³/mol. The van der Waals surface area contributed by atoms with Crippen molar-refractivity contribution in [2.75, 3.05) is 6.61 Å². The van der Waals surface area contributed by atoms with Gasteiger partial charge in [0.2, 0.25) is 0 Å². The fraction of sp³-hybridized carbons (Fsp3) is 0.345. The van der Waals surface area contributed by atoms with Crippen molar-refractivity contribution in [3.63, 3.8) is 0 Å². The first-order valence-corrected chi connectivity index (χ1v) is 11.8. The molecule has 2 aromatic carbocycles. The van der Waals surface area contributed by atoms with Crippen LogP contribution in [0.4, 0.5) is 0 Å². The molecule has 1 heterocycles. The van der Waals surface area contributed by atoms with Crippen LogP contribution in [0.5, 0.6) is 0 Å². The average molecular weight is 457 g/mol. The summed E-state index contributed by atoms with van der Waals surface area (Å²) in [6.07, 6.45) is 8.40. The van der Waals surface area contributed by atoms with E-state index in [1.165, 1.54) is 5.56 Å². The highest BCUT2D eigenvalue weighted by Gasteiger charge is 2.43. The Hall–Kier alpha value is -3.47. The maximum absolute atomic E-state index is 13.0. The third-order valence-electron chi connectivity index (χ3n) is 6.75. The maximum atomic E-state index is 13.0. The summed E-state index contributed by atoms with van der Waals surface area (Å²) in [6.45, 7) is 11.1. The number of ketones is 1. The standard InChI is InChI=1S/C29H32N2O3/c1-6-34-27(33)21-11-8-20(9-12-21)10-13-22-16-25-24(17-23(22)19-31-15-7-14-30-31)28(2,3)18-26(32)29(25,4)5/h7-17H,6,18-19H2,1-5H3. The van der Waals surface area contributed by atoms with Gasteiger partial charge in [-0.1, -0.05) is 50.3 Å². The molecular weight excluding hydrogens is 424 g/mol. The smallest absolute Gasteiger partial charge is 0.338 e. The van der Waals surface area contributed by atoms with Gasteiger partial charge >= 0.3 is 5.97 Å². The van der Waals surface area contributed by atoms with Gasteiger partial charge in [-0.05, 0) is 72.2 Å². The third-order valence-corrected chi connectivity index (χ3v) is 6.75. The maximum Gasteiger partial charge on any atom is 0.338 e. The summed E-state index contributed by atoms with van der Waals surface area (Å²) in [7, 11) is 0. The minimum Gasteiger partial charge on any atom is -0.462 e. The molecule has 0 saturated carbocycles. The van der Waals surface area contributed by atoms with Crippen LogP contribution in [0.25, 0.3) is 12.2 Å². The second kappa shape index (κ2) is 9.05. The molecule has 1 aromatic heterocycles. The van der Waals surface area contributed by atoms with Crippen molar-refractivity contribution in [3.05, 3.63) is 88.2 Å². The lowest BCUT2D eigenvalue weighted by molar-refractivity contribution is -0.125. The Balaban J connectivity index is 1.75. The van der Waals surface area contributed by atoms with Gasteiger partial charge in [0.25, 0.3) is 0 Å². The highest BCUT2D eigenvalue weighted by atomic mass is 16.5. The van der Waals surface area contributed by atoms with E-state index in [2.05, 4.69) is 37.2 Å². The Bertz CT molecular complexity index is 1230. The lowest BCUT2D eigenvalue weighted by atomic mass is 9.62. The summed E-state index contributed by atoms with van der Waals surface area (Å²) in [6, 6.07) is 13.7. The fourth-order valence-corrected chi connectivity index (χ4v) is 4.60. The van der Waals surface area contributed by atoms with E-state index in [1.807, 2.05) is 49.0 Å². The monoisotopic (exact) mass is 456 g/mol. The highest BCUT2D eigenvalue weighted by Crippen LogP contribution is 2.45. The summed E-state index contributed by atoms with van der Waals surface area (Å²) in [5, 5.41) is 4.40. The first kappa shape index (κ1) is 23.7. The van der Waals surface area contributed by atoms with Crippen molar-refractivity contribution in [1.29, 1.82) is 0 Å². The van der Waals surface area contributed by atoms with E-state index in [1.54, 1.807) is 25.3 Å². The molecule has 0 spiro atoms. The molecule has 0 radical (unpaired) electrons. The number of carbonyl (C=O) groups excluding carboxylic acids is 2. The number of fused-ring (bicyclic) bond motifs is 1.